The van der Waals surface area contributed by atoms with Crippen molar-refractivity contribution in [1.29, 1.82) is 0 Å². The SMILES string of the molecule is CCC1C2CC3CC(C2)CC1(OC(=O)COC(=O)C(C)(F)F)C3. The van der Waals surface area contributed by atoms with Gasteiger partial charge in [0.1, 0.15) is 5.60 Å². The van der Waals surface area contributed by atoms with Gasteiger partial charge in [-0.25, -0.2) is 9.59 Å². The Labute approximate surface area is 134 Å². The Hall–Kier alpha value is -1.20. The molecule has 3 unspecified atom stereocenters. The van der Waals surface area contributed by atoms with E-state index in [2.05, 4.69) is 11.7 Å². The molecule has 4 nitrogen and oxygen atoms in total. The average Bonchev–Trinajstić information content (AvgIpc) is 2.42. The van der Waals surface area contributed by atoms with Gasteiger partial charge in [-0.3, -0.25) is 0 Å². The molecule has 0 radical (unpaired) electrons. The van der Waals surface area contributed by atoms with E-state index in [1.807, 2.05) is 0 Å². The van der Waals surface area contributed by atoms with Gasteiger partial charge >= 0.3 is 17.9 Å². The van der Waals surface area contributed by atoms with Gasteiger partial charge in [0.2, 0.25) is 0 Å². The van der Waals surface area contributed by atoms with Gasteiger partial charge in [0, 0.05) is 12.8 Å². The molecule has 130 valence electrons. The summed E-state index contributed by atoms with van der Waals surface area (Å²) in [6.45, 7) is 1.83. The van der Waals surface area contributed by atoms with Crippen LogP contribution in [0.4, 0.5) is 8.78 Å². The number of carbonyl (C=O) groups is 2. The molecule has 3 atom stereocenters. The molecule has 4 rings (SSSR count). The molecule has 0 spiro atoms. The smallest absolute Gasteiger partial charge is 0.377 e. The predicted octanol–water partition coefficient (Wildman–Crippen LogP) is 3.33. The topological polar surface area (TPSA) is 52.6 Å². The Morgan fingerprint density at radius 3 is 2.30 bits per heavy atom. The second-order valence-corrected chi connectivity index (χ2v) is 7.63. The number of hydrogen-bond acceptors (Lipinski definition) is 4. The Morgan fingerprint density at radius 1 is 1.17 bits per heavy atom. The lowest BCUT2D eigenvalue weighted by Crippen LogP contribution is -2.59. The highest BCUT2D eigenvalue weighted by atomic mass is 19.3. The first-order valence-electron chi connectivity index (χ1n) is 8.50. The molecule has 0 aromatic heterocycles. The van der Waals surface area contributed by atoms with Crippen molar-refractivity contribution in [3.05, 3.63) is 0 Å². The predicted molar refractivity (Wildman–Crippen MR) is 77.7 cm³/mol. The maximum absolute atomic E-state index is 12.8. The third-order valence-corrected chi connectivity index (χ3v) is 5.89. The van der Waals surface area contributed by atoms with Gasteiger partial charge in [-0.05, 0) is 56.3 Å². The normalized spacial score (nSPS) is 38.4. The van der Waals surface area contributed by atoms with Gasteiger partial charge in [-0.1, -0.05) is 6.92 Å². The van der Waals surface area contributed by atoms with Crippen molar-refractivity contribution < 1.29 is 27.8 Å². The first-order valence-corrected chi connectivity index (χ1v) is 8.50. The molecule has 4 bridgehead atoms. The monoisotopic (exact) mass is 330 g/mol. The number of esters is 2. The zero-order valence-corrected chi connectivity index (χ0v) is 13.6. The highest BCUT2D eigenvalue weighted by Gasteiger charge is 2.58. The van der Waals surface area contributed by atoms with Crippen molar-refractivity contribution in [2.24, 2.45) is 23.7 Å². The standard InChI is InChI=1S/C17H24F2O4/c1-3-13-12-5-10-4-11(6-12)8-17(13,7-10)23-14(20)9-22-15(21)16(2,18)19/h10-13H,3-9H2,1-2H3. The summed E-state index contributed by atoms with van der Waals surface area (Å²) in [7, 11) is 0. The van der Waals surface area contributed by atoms with Crippen LogP contribution in [0.2, 0.25) is 0 Å². The van der Waals surface area contributed by atoms with Crippen LogP contribution in [0.15, 0.2) is 0 Å². The fourth-order valence-electron chi connectivity index (χ4n) is 5.44. The van der Waals surface area contributed by atoms with Gasteiger partial charge in [-0.2, -0.15) is 8.78 Å². The first-order chi connectivity index (χ1) is 10.7. The maximum atomic E-state index is 12.8. The largest absolute Gasteiger partial charge is 0.456 e. The fourth-order valence-corrected chi connectivity index (χ4v) is 5.44. The van der Waals surface area contributed by atoms with Gasteiger partial charge in [-0.15, -0.1) is 0 Å². The fraction of sp³-hybridized carbons (Fsp3) is 0.882. The lowest BCUT2D eigenvalue weighted by Gasteiger charge is -2.60. The summed E-state index contributed by atoms with van der Waals surface area (Å²) in [5.74, 6) is -3.84. The van der Waals surface area contributed by atoms with Crippen LogP contribution in [0.1, 0.15) is 52.4 Å². The van der Waals surface area contributed by atoms with Crippen LogP contribution in [0.25, 0.3) is 0 Å². The molecule has 0 aromatic rings. The van der Waals surface area contributed by atoms with Gasteiger partial charge < -0.3 is 9.47 Å². The second-order valence-electron chi connectivity index (χ2n) is 7.63. The van der Waals surface area contributed by atoms with Gasteiger partial charge in [0.25, 0.3) is 0 Å². The van der Waals surface area contributed by atoms with Crippen molar-refractivity contribution in [1.82, 2.24) is 0 Å². The quantitative estimate of drug-likeness (QED) is 0.726. The third-order valence-electron chi connectivity index (χ3n) is 5.89. The van der Waals surface area contributed by atoms with Crippen molar-refractivity contribution in [2.45, 2.75) is 63.9 Å². The summed E-state index contributed by atoms with van der Waals surface area (Å²) >= 11 is 0. The van der Waals surface area contributed by atoms with Crippen molar-refractivity contribution >= 4 is 11.9 Å². The van der Waals surface area contributed by atoms with Crippen LogP contribution in [0.3, 0.4) is 0 Å². The van der Waals surface area contributed by atoms with E-state index in [1.54, 1.807) is 0 Å². The Balaban J connectivity index is 1.64. The summed E-state index contributed by atoms with van der Waals surface area (Å²) in [6.07, 6.45) is 6.31. The van der Waals surface area contributed by atoms with E-state index in [0.29, 0.717) is 30.6 Å². The van der Waals surface area contributed by atoms with Crippen LogP contribution in [-0.2, 0) is 19.1 Å². The van der Waals surface area contributed by atoms with E-state index in [0.717, 1.165) is 19.3 Å². The first kappa shape index (κ1) is 16.7. The van der Waals surface area contributed by atoms with Gasteiger partial charge in [0.15, 0.2) is 6.61 Å². The van der Waals surface area contributed by atoms with Crippen molar-refractivity contribution in [3.8, 4) is 0 Å². The molecule has 4 aliphatic carbocycles. The van der Waals surface area contributed by atoms with E-state index < -0.39 is 30.1 Å². The number of carbonyl (C=O) groups excluding carboxylic acids is 2. The van der Waals surface area contributed by atoms with Crippen LogP contribution >= 0.6 is 0 Å². The van der Waals surface area contributed by atoms with E-state index in [1.165, 1.54) is 19.3 Å². The maximum Gasteiger partial charge on any atom is 0.377 e. The molecule has 23 heavy (non-hydrogen) atoms. The van der Waals surface area contributed by atoms with E-state index in [-0.39, 0.29) is 0 Å². The highest BCUT2D eigenvalue weighted by Crippen LogP contribution is 2.60. The second kappa shape index (κ2) is 5.71. The van der Waals surface area contributed by atoms with Crippen molar-refractivity contribution in [2.75, 3.05) is 6.61 Å². The molecule has 6 heteroatoms. The molecule has 0 N–H and O–H groups in total. The number of hydrogen-bond donors (Lipinski definition) is 0. The lowest BCUT2D eigenvalue weighted by atomic mass is 9.49. The molecule has 0 amide bonds. The number of ether oxygens (including phenoxy) is 2. The summed E-state index contributed by atoms with van der Waals surface area (Å²) < 4.78 is 35.7. The minimum absolute atomic E-state index is 0.336. The van der Waals surface area contributed by atoms with E-state index in [4.69, 9.17) is 4.74 Å². The minimum atomic E-state index is -3.59. The van der Waals surface area contributed by atoms with Crippen LogP contribution in [0.5, 0.6) is 0 Å². The highest BCUT2D eigenvalue weighted by molar-refractivity contribution is 5.80. The van der Waals surface area contributed by atoms with Crippen LogP contribution < -0.4 is 0 Å². The Morgan fingerprint density at radius 2 is 1.78 bits per heavy atom. The summed E-state index contributed by atoms with van der Waals surface area (Å²) in [5, 5.41) is 0. The molecule has 0 aliphatic heterocycles. The molecule has 0 saturated heterocycles. The zero-order valence-electron chi connectivity index (χ0n) is 13.6. The average molecular weight is 330 g/mol. The van der Waals surface area contributed by atoms with Crippen molar-refractivity contribution in [3.63, 3.8) is 0 Å². The molecular formula is C17H24F2O4. The van der Waals surface area contributed by atoms with Gasteiger partial charge in [0.05, 0.1) is 0 Å². The van der Waals surface area contributed by atoms with E-state index in [9.17, 15) is 18.4 Å². The lowest BCUT2D eigenvalue weighted by molar-refractivity contribution is -0.214. The molecule has 4 aliphatic rings. The zero-order chi connectivity index (χ0) is 16.8. The Bertz CT molecular complexity index is 485. The third kappa shape index (κ3) is 3.09. The molecule has 4 fully saturated rings. The summed E-state index contributed by atoms with van der Waals surface area (Å²) in [6, 6.07) is 0. The number of alkyl halides is 2. The summed E-state index contributed by atoms with van der Waals surface area (Å²) in [5.41, 5.74) is -0.471. The summed E-state index contributed by atoms with van der Waals surface area (Å²) in [4.78, 5) is 23.1. The number of rotatable bonds is 5. The minimum Gasteiger partial charge on any atom is -0.456 e. The Kier molecular flexibility index (Phi) is 4.13. The molecule has 4 saturated carbocycles. The molecule has 0 heterocycles. The molecule has 0 aromatic carbocycles. The van der Waals surface area contributed by atoms with Crippen LogP contribution in [0, 0.1) is 23.7 Å². The van der Waals surface area contributed by atoms with Crippen LogP contribution in [-0.4, -0.2) is 30.1 Å². The number of halogens is 2. The molecular weight excluding hydrogens is 306 g/mol. The van der Waals surface area contributed by atoms with E-state index >= 15 is 0 Å².